The molecule has 6 aromatic rings. The largest absolute Gasteiger partial charge is 0.340 e. The van der Waals surface area contributed by atoms with Crippen LogP contribution in [0.1, 0.15) is 73.6 Å². The van der Waals surface area contributed by atoms with E-state index in [0.717, 1.165) is 70.5 Å². The van der Waals surface area contributed by atoms with Crippen molar-refractivity contribution < 1.29 is 9.59 Å². The molecule has 0 aliphatic rings. The number of amides is 2. The highest BCUT2D eigenvalue weighted by Gasteiger charge is 2.24. The summed E-state index contributed by atoms with van der Waals surface area (Å²) in [7, 11) is 0. The lowest BCUT2D eigenvalue weighted by Crippen LogP contribution is -2.35. The summed E-state index contributed by atoms with van der Waals surface area (Å²) in [5.74, 6) is 1.83. The van der Waals surface area contributed by atoms with E-state index in [2.05, 4.69) is 67.1 Å². The van der Waals surface area contributed by atoms with Crippen LogP contribution in [0.4, 0.5) is 0 Å². The Morgan fingerprint density at radius 1 is 0.653 bits per heavy atom. The van der Waals surface area contributed by atoms with Gasteiger partial charge in [-0.15, -0.1) is 0 Å². The molecule has 2 heterocycles. The second-order valence-electron chi connectivity index (χ2n) is 12.9. The van der Waals surface area contributed by atoms with Crippen LogP contribution in [-0.2, 0) is 41.8 Å². The van der Waals surface area contributed by atoms with Gasteiger partial charge in [-0.25, -0.2) is 9.97 Å². The Labute approximate surface area is 288 Å². The normalized spacial score (nSPS) is 12.0. The van der Waals surface area contributed by atoms with Crippen molar-refractivity contribution in [1.29, 1.82) is 0 Å². The summed E-state index contributed by atoms with van der Waals surface area (Å²) in [5.41, 5.74) is 8.27. The Balaban J connectivity index is 1.10. The van der Waals surface area contributed by atoms with Gasteiger partial charge in [-0.1, -0.05) is 86.6 Å². The fraction of sp³-hybridized carbons (Fsp3) is 0.317. The maximum absolute atomic E-state index is 13.3. The first-order valence-electron chi connectivity index (χ1n) is 17.5. The third kappa shape index (κ3) is 8.44. The molecule has 0 aliphatic carbocycles. The first kappa shape index (κ1) is 33.7. The zero-order valence-electron chi connectivity index (χ0n) is 28.8. The van der Waals surface area contributed by atoms with Gasteiger partial charge in [-0.05, 0) is 79.1 Å². The average molecular weight is 655 g/mol. The van der Waals surface area contributed by atoms with E-state index in [1.165, 1.54) is 11.1 Å². The summed E-state index contributed by atoms with van der Waals surface area (Å²) in [4.78, 5) is 46.9. The van der Waals surface area contributed by atoms with Crippen molar-refractivity contribution in [2.75, 3.05) is 13.1 Å². The minimum Gasteiger partial charge on any atom is -0.340 e. The van der Waals surface area contributed by atoms with Crippen LogP contribution < -0.4 is 0 Å². The van der Waals surface area contributed by atoms with E-state index in [1.807, 2.05) is 70.5 Å². The number of fused-ring (bicyclic) bond motifs is 2. The number of carbonyl (C=O) groups excluding carboxylic acids is 2. The van der Waals surface area contributed by atoms with Gasteiger partial charge >= 0.3 is 0 Å². The lowest BCUT2D eigenvalue weighted by Gasteiger charge is -2.28. The van der Waals surface area contributed by atoms with E-state index in [-0.39, 0.29) is 17.9 Å². The molecule has 0 saturated heterocycles. The third-order valence-corrected chi connectivity index (χ3v) is 9.09. The summed E-state index contributed by atoms with van der Waals surface area (Å²) < 4.78 is 0. The van der Waals surface area contributed by atoms with Crippen LogP contribution in [0.15, 0.2) is 97.1 Å². The highest BCUT2D eigenvalue weighted by molar-refractivity contribution is 5.81. The fourth-order valence-corrected chi connectivity index (χ4v) is 6.48. The van der Waals surface area contributed by atoms with Crippen LogP contribution in [0.3, 0.4) is 0 Å². The van der Waals surface area contributed by atoms with Crippen molar-refractivity contribution in [3.8, 4) is 0 Å². The number of hydrogen-bond donors (Lipinski definition) is 2. The molecule has 0 radical (unpaired) electrons. The van der Waals surface area contributed by atoms with E-state index in [4.69, 9.17) is 9.97 Å². The van der Waals surface area contributed by atoms with Crippen molar-refractivity contribution in [1.82, 2.24) is 29.7 Å². The maximum Gasteiger partial charge on any atom is 0.227 e. The minimum atomic E-state index is -0.158. The number of nitrogens with one attached hydrogen (secondary N) is 2. The fourth-order valence-electron chi connectivity index (χ4n) is 6.48. The second-order valence-corrected chi connectivity index (χ2v) is 12.9. The van der Waals surface area contributed by atoms with Crippen LogP contribution in [0.25, 0.3) is 22.1 Å². The molecule has 0 spiro atoms. The van der Waals surface area contributed by atoms with Crippen molar-refractivity contribution in [2.45, 2.75) is 71.9 Å². The molecule has 2 aromatic heterocycles. The van der Waals surface area contributed by atoms with Crippen LogP contribution >= 0.6 is 0 Å². The molecule has 0 aliphatic heterocycles. The Bertz CT molecular complexity index is 2000. The van der Waals surface area contributed by atoms with E-state index in [9.17, 15) is 9.59 Å². The van der Waals surface area contributed by atoms with E-state index >= 15 is 0 Å². The molecule has 0 unspecified atom stereocenters. The van der Waals surface area contributed by atoms with Crippen molar-refractivity contribution in [3.05, 3.63) is 131 Å². The number of nitrogens with zero attached hydrogens (tertiary/aromatic N) is 4. The molecule has 252 valence electrons. The molecular formula is C41H46N6O2. The molecule has 0 bridgehead atoms. The third-order valence-electron chi connectivity index (χ3n) is 9.09. The summed E-state index contributed by atoms with van der Waals surface area (Å²) in [6.45, 7) is 8.08. The van der Waals surface area contributed by atoms with Gasteiger partial charge in [0.05, 0.1) is 47.5 Å². The Kier molecular flexibility index (Phi) is 10.8. The van der Waals surface area contributed by atoms with E-state index in [1.54, 1.807) is 0 Å². The molecule has 0 saturated carbocycles. The number of aromatic nitrogens is 4. The van der Waals surface area contributed by atoms with Crippen molar-refractivity contribution >= 4 is 33.9 Å². The highest BCUT2D eigenvalue weighted by atomic mass is 16.2. The molecule has 8 heteroatoms. The lowest BCUT2D eigenvalue weighted by atomic mass is 10.0. The number of H-pyrrole nitrogens is 2. The van der Waals surface area contributed by atoms with E-state index < -0.39 is 0 Å². The van der Waals surface area contributed by atoms with Gasteiger partial charge in [0.25, 0.3) is 0 Å². The number of rotatable bonds is 15. The molecule has 6 rings (SSSR count). The predicted octanol–water partition coefficient (Wildman–Crippen LogP) is 7.75. The lowest BCUT2D eigenvalue weighted by molar-refractivity contribution is -0.133. The maximum atomic E-state index is 13.3. The molecule has 0 fully saturated rings. The minimum absolute atomic E-state index is 0.109. The predicted molar refractivity (Wildman–Crippen MR) is 196 cm³/mol. The zero-order chi connectivity index (χ0) is 34.2. The first-order valence-corrected chi connectivity index (χ1v) is 17.5. The number of carbonyl (C=O) groups is 2. The van der Waals surface area contributed by atoms with Crippen LogP contribution in [0.2, 0.25) is 0 Å². The topological polar surface area (TPSA) is 98.0 Å². The zero-order valence-corrected chi connectivity index (χ0v) is 28.8. The van der Waals surface area contributed by atoms with Gasteiger partial charge < -0.3 is 19.8 Å². The van der Waals surface area contributed by atoms with Gasteiger partial charge in [0.2, 0.25) is 11.8 Å². The Morgan fingerprint density at radius 2 is 1.20 bits per heavy atom. The summed E-state index contributed by atoms with van der Waals surface area (Å²) in [6.07, 6.45) is 4.30. The molecular weight excluding hydrogens is 608 g/mol. The summed E-state index contributed by atoms with van der Waals surface area (Å²) >= 11 is 0. The molecule has 49 heavy (non-hydrogen) atoms. The molecule has 2 amide bonds. The number of aryl methyl sites for hydroxylation is 2. The molecule has 1 atom stereocenters. The van der Waals surface area contributed by atoms with Crippen LogP contribution in [-0.4, -0.2) is 54.6 Å². The quantitative estimate of drug-likeness (QED) is 0.118. The smallest absolute Gasteiger partial charge is 0.227 e. The van der Waals surface area contributed by atoms with Crippen LogP contribution in [0, 0.1) is 0 Å². The SMILES string of the molecule is CCCN(Cc1nc2ccc(CCc3ccc4nc([C@H](C)N(CCC)C(=O)Cc5ccccc5)[nH]c4c3)cc2[nH]1)C(=O)Cc1ccccc1. The van der Waals surface area contributed by atoms with Gasteiger partial charge in [-0.2, -0.15) is 0 Å². The average Bonchev–Trinajstić information content (AvgIpc) is 3.73. The van der Waals surface area contributed by atoms with Gasteiger partial charge in [0.1, 0.15) is 11.6 Å². The number of benzene rings is 4. The molecule has 2 N–H and O–H groups in total. The Morgan fingerprint density at radius 3 is 1.80 bits per heavy atom. The monoisotopic (exact) mass is 654 g/mol. The first-order chi connectivity index (χ1) is 23.9. The molecule has 8 nitrogen and oxygen atoms in total. The number of aromatic amines is 2. The van der Waals surface area contributed by atoms with Crippen molar-refractivity contribution in [3.63, 3.8) is 0 Å². The van der Waals surface area contributed by atoms with Gasteiger partial charge in [-0.3, -0.25) is 9.59 Å². The second kappa shape index (κ2) is 15.8. The highest BCUT2D eigenvalue weighted by Crippen LogP contribution is 2.24. The summed E-state index contributed by atoms with van der Waals surface area (Å²) in [5, 5.41) is 0. The molecule has 4 aromatic carbocycles. The van der Waals surface area contributed by atoms with Gasteiger partial charge in [0, 0.05) is 13.1 Å². The standard InChI is InChI=1S/C41H46N6O2/c1-4-22-46(39(48)26-30-12-8-6-9-13-30)28-38-42-34-20-18-32(24-36(34)43-38)16-17-33-19-21-35-37(25-33)45-41(44-35)29(3)47(23-5-2)40(49)27-31-14-10-7-11-15-31/h6-15,18-21,24-25,29H,4-5,16-17,22-23,26-28H2,1-3H3,(H,42,43)(H,44,45)/t29-/m0/s1. The van der Waals surface area contributed by atoms with Gasteiger partial charge in [0.15, 0.2) is 0 Å². The number of hydrogen-bond acceptors (Lipinski definition) is 4. The van der Waals surface area contributed by atoms with E-state index in [0.29, 0.717) is 32.5 Å². The van der Waals surface area contributed by atoms with Crippen molar-refractivity contribution in [2.24, 2.45) is 0 Å². The Hall–Kier alpha value is -5.24. The van der Waals surface area contributed by atoms with Crippen LogP contribution in [0.5, 0.6) is 0 Å². The summed E-state index contributed by atoms with van der Waals surface area (Å²) in [6, 6.07) is 32.4. The number of imidazole rings is 2.